The van der Waals surface area contributed by atoms with E-state index in [1.54, 1.807) is 19.1 Å². The monoisotopic (exact) mass is 249 g/mol. The van der Waals surface area contributed by atoms with Crippen LogP contribution in [0.1, 0.15) is 5.56 Å². The van der Waals surface area contributed by atoms with Gasteiger partial charge in [0.25, 0.3) is 0 Å². The number of nitrogens with two attached hydrogens (primary N) is 1. The highest BCUT2D eigenvalue weighted by Crippen LogP contribution is 2.30. The first kappa shape index (κ1) is 12.1. The molecule has 0 amide bonds. The Labute approximate surface area is 103 Å². The number of hydrogen-bond acceptors (Lipinski definition) is 5. The molecule has 0 aliphatic rings. The van der Waals surface area contributed by atoms with E-state index in [4.69, 9.17) is 15.2 Å². The Hall–Kier alpha value is -2.37. The summed E-state index contributed by atoms with van der Waals surface area (Å²) in [5, 5.41) is 0. The second kappa shape index (κ2) is 4.87. The highest BCUT2D eigenvalue weighted by molar-refractivity contribution is 5.56. The van der Waals surface area contributed by atoms with Gasteiger partial charge in [-0.25, -0.2) is 4.39 Å². The second-order valence-electron chi connectivity index (χ2n) is 3.61. The zero-order valence-electron chi connectivity index (χ0n) is 9.98. The van der Waals surface area contributed by atoms with Crippen LogP contribution in [-0.4, -0.2) is 17.1 Å². The fourth-order valence-electron chi connectivity index (χ4n) is 1.36. The Balaban J connectivity index is 2.31. The van der Waals surface area contributed by atoms with Gasteiger partial charge in [-0.15, -0.1) is 0 Å². The molecule has 6 heteroatoms. The van der Waals surface area contributed by atoms with Crippen molar-refractivity contribution in [3.05, 3.63) is 35.9 Å². The van der Waals surface area contributed by atoms with Crippen molar-refractivity contribution >= 4 is 5.69 Å². The highest BCUT2D eigenvalue weighted by atomic mass is 19.1. The number of nitrogens with zero attached hydrogens (tertiary/aromatic N) is 2. The molecule has 0 aliphatic heterocycles. The van der Waals surface area contributed by atoms with E-state index in [9.17, 15) is 4.39 Å². The van der Waals surface area contributed by atoms with E-state index in [1.807, 2.05) is 0 Å². The summed E-state index contributed by atoms with van der Waals surface area (Å²) >= 11 is 0. The Morgan fingerprint density at radius 1 is 1.22 bits per heavy atom. The summed E-state index contributed by atoms with van der Waals surface area (Å²) < 4.78 is 23.7. The molecular weight excluding hydrogens is 237 g/mol. The third-order valence-corrected chi connectivity index (χ3v) is 2.36. The molecule has 0 unspecified atom stereocenters. The third kappa shape index (κ3) is 2.32. The fourth-order valence-corrected chi connectivity index (χ4v) is 1.36. The molecule has 0 fully saturated rings. The number of rotatable bonds is 3. The van der Waals surface area contributed by atoms with Gasteiger partial charge in [0, 0.05) is 6.07 Å². The molecule has 1 aromatic heterocycles. The molecule has 0 saturated carbocycles. The van der Waals surface area contributed by atoms with E-state index in [-0.39, 0.29) is 23.3 Å². The number of hydrogen-bond donors (Lipinski definition) is 1. The van der Waals surface area contributed by atoms with Crippen molar-refractivity contribution in [2.24, 2.45) is 0 Å². The normalized spacial score (nSPS) is 10.2. The number of benzene rings is 1. The van der Waals surface area contributed by atoms with Gasteiger partial charge in [0.15, 0.2) is 5.69 Å². The molecule has 0 atom stereocenters. The first-order chi connectivity index (χ1) is 8.61. The number of ether oxygens (including phenoxy) is 2. The Morgan fingerprint density at radius 2 is 1.94 bits per heavy atom. The lowest BCUT2D eigenvalue weighted by Crippen LogP contribution is -2.00. The average Bonchev–Trinajstić information content (AvgIpc) is 2.36. The first-order valence-corrected chi connectivity index (χ1v) is 5.20. The van der Waals surface area contributed by atoms with Crippen molar-refractivity contribution in [3.8, 4) is 17.5 Å². The summed E-state index contributed by atoms with van der Waals surface area (Å²) in [4.78, 5) is 7.69. The number of halogens is 1. The van der Waals surface area contributed by atoms with Crippen molar-refractivity contribution in [1.29, 1.82) is 0 Å². The van der Waals surface area contributed by atoms with Crippen LogP contribution in [0.5, 0.6) is 17.5 Å². The van der Waals surface area contributed by atoms with Crippen LogP contribution in [0.2, 0.25) is 0 Å². The molecule has 1 aromatic carbocycles. The lowest BCUT2D eigenvalue weighted by molar-refractivity contribution is 0.391. The molecule has 94 valence electrons. The van der Waals surface area contributed by atoms with Crippen molar-refractivity contribution < 1.29 is 13.9 Å². The maximum absolute atomic E-state index is 13.4. The first-order valence-electron chi connectivity index (χ1n) is 5.20. The molecule has 2 aromatic rings. The zero-order valence-corrected chi connectivity index (χ0v) is 9.98. The molecule has 0 aliphatic carbocycles. The summed E-state index contributed by atoms with van der Waals surface area (Å²) in [6.07, 6.45) is 1.26. The predicted octanol–water partition coefficient (Wildman–Crippen LogP) is 2.31. The highest BCUT2D eigenvalue weighted by Gasteiger charge is 2.11. The maximum atomic E-state index is 13.4. The number of nitrogen functional groups attached to an aromatic ring is 1. The predicted molar refractivity (Wildman–Crippen MR) is 64.2 cm³/mol. The number of aromatic nitrogens is 2. The van der Waals surface area contributed by atoms with Crippen LogP contribution < -0.4 is 15.2 Å². The van der Waals surface area contributed by atoms with E-state index in [2.05, 4.69) is 9.97 Å². The largest absolute Gasteiger partial charge is 0.479 e. The van der Waals surface area contributed by atoms with Crippen LogP contribution in [0.4, 0.5) is 10.1 Å². The quantitative estimate of drug-likeness (QED) is 0.903. The van der Waals surface area contributed by atoms with Crippen molar-refractivity contribution in [3.63, 3.8) is 0 Å². The Morgan fingerprint density at radius 3 is 2.61 bits per heavy atom. The molecule has 2 N–H and O–H groups in total. The summed E-state index contributed by atoms with van der Waals surface area (Å²) in [7, 11) is 1.44. The molecular formula is C12H12FN3O2. The van der Waals surface area contributed by atoms with Gasteiger partial charge in [-0.2, -0.15) is 9.97 Å². The van der Waals surface area contributed by atoms with E-state index in [0.29, 0.717) is 11.3 Å². The summed E-state index contributed by atoms with van der Waals surface area (Å²) in [5.41, 5.74) is 6.45. The van der Waals surface area contributed by atoms with Crippen molar-refractivity contribution in [2.45, 2.75) is 6.92 Å². The van der Waals surface area contributed by atoms with Crippen LogP contribution in [-0.2, 0) is 0 Å². The topological polar surface area (TPSA) is 70.3 Å². The number of methoxy groups -OCH3 is 1. The molecule has 1 heterocycles. The van der Waals surface area contributed by atoms with Gasteiger partial charge in [-0.3, -0.25) is 0 Å². The SMILES string of the molecule is COc1ncnc(Oc2ccc(C)c(F)c2)c1N. The molecule has 18 heavy (non-hydrogen) atoms. The van der Waals surface area contributed by atoms with Gasteiger partial charge < -0.3 is 15.2 Å². The van der Waals surface area contributed by atoms with E-state index in [1.165, 1.54) is 19.5 Å². The number of aryl methyl sites for hydroxylation is 1. The summed E-state index contributed by atoms with van der Waals surface area (Å²) in [6.45, 7) is 1.67. The molecule has 0 saturated heterocycles. The van der Waals surface area contributed by atoms with Gasteiger partial charge in [-0.1, -0.05) is 6.07 Å². The summed E-state index contributed by atoms with van der Waals surface area (Å²) in [5.74, 6) is 0.301. The van der Waals surface area contributed by atoms with Crippen molar-refractivity contribution in [2.75, 3.05) is 12.8 Å². The molecule has 0 bridgehead atoms. The van der Waals surface area contributed by atoms with E-state index in [0.717, 1.165) is 0 Å². The minimum atomic E-state index is -0.355. The minimum absolute atomic E-state index is 0.130. The van der Waals surface area contributed by atoms with Gasteiger partial charge >= 0.3 is 0 Å². The molecule has 0 radical (unpaired) electrons. The molecule has 5 nitrogen and oxygen atoms in total. The van der Waals surface area contributed by atoms with E-state index >= 15 is 0 Å². The number of anilines is 1. The van der Waals surface area contributed by atoms with Gasteiger partial charge in [0.2, 0.25) is 11.8 Å². The van der Waals surface area contributed by atoms with E-state index < -0.39 is 0 Å². The third-order valence-electron chi connectivity index (χ3n) is 2.36. The lowest BCUT2D eigenvalue weighted by Gasteiger charge is -2.09. The maximum Gasteiger partial charge on any atom is 0.249 e. The van der Waals surface area contributed by atoms with Crippen molar-refractivity contribution in [1.82, 2.24) is 9.97 Å². The smallest absolute Gasteiger partial charge is 0.249 e. The summed E-state index contributed by atoms with van der Waals surface area (Å²) in [6, 6.07) is 4.51. The molecule has 0 spiro atoms. The van der Waals surface area contributed by atoms with Crippen LogP contribution in [0.3, 0.4) is 0 Å². The fraction of sp³-hybridized carbons (Fsp3) is 0.167. The van der Waals surface area contributed by atoms with Gasteiger partial charge in [0.05, 0.1) is 7.11 Å². The standard InChI is InChI=1S/C12H12FN3O2/c1-7-3-4-8(5-9(7)13)18-12-10(14)11(17-2)15-6-16-12/h3-6H,14H2,1-2H3. The Bertz CT molecular complexity index is 575. The van der Waals surface area contributed by atoms with Crippen LogP contribution in [0.15, 0.2) is 24.5 Å². The molecule has 2 rings (SSSR count). The van der Waals surface area contributed by atoms with Gasteiger partial charge in [0.1, 0.15) is 17.9 Å². The Kier molecular flexibility index (Phi) is 3.27. The van der Waals surface area contributed by atoms with Gasteiger partial charge in [-0.05, 0) is 18.6 Å². The van der Waals surface area contributed by atoms with Crippen LogP contribution in [0.25, 0.3) is 0 Å². The second-order valence-corrected chi connectivity index (χ2v) is 3.61. The van der Waals surface area contributed by atoms with Crippen LogP contribution >= 0.6 is 0 Å². The average molecular weight is 249 g/mol. The zero-order chi connectivity index (χ0) is 13.1. The minimum Gasteiger partial charge on any atom is -0.479 e. The van der Waals surface area contributed by atoms with Crippen LogP contribution in [0, 0.1) is 12.7 Å². The lowest BCUT2D eigenvalue weighted by atomic mass is 10.2.